The number of aliphatic hydroxyl groups is 1. The Balaban J connectivity index is 1.81. The second-order valence-corrected chi connectivity index (χ2v) is 12.3. The number of aromatic hydroxyl groups is 1. The zero-order valence-corrected chi connectivity index (χ0v) is 25.3. The monoisotopic (exact) mass is 609 g/mol. The third-order valence-electron chi connectivity index (χ3n) is 9.27. The first kappa shape index (κ1) is 29.6. The molecule has 2 aromatic rings. The van der Waals surface area contributed by atoms with Gasteiger partial charge in [0.1, 0.15) is 17.3 Å². The van der Waals surface area contributed by atoms with Crippen molar-refractivity contribution in [2.75, 3.05) is 12.0 Å². The summed E-state index contributed by atoms with van der Waals surface area (Å²) in [6, 6.07) is 11.5. The molecule has 3 heterocycles. The van der Waals surface area contributed by atoms with Gasteiger partial charge in [0.15, 0.2) is 11.3 Å². The van der Waals surface area contributed by atoms with E-state index in [9.17, 15) is 29.4 Å². The summed E-state index contributed by atoms with van der Waals surface area (Å²) in [7, 11) is 1.45. The number of rotatable bonds is 4. The maximum atomic E-state index is 15.2. The molecule has 4 aliphatic rings. The molecular weight excluding hydrogens is 578 g/mol. The lowest BCUT2D eigenvalue weighted by Gasteiger charge is -2.39. The van der Waals surface area contributed by atoms with Gasteiger partial charge in [-0.05, 0) is 82.2 Å². The van der Waals surface area contributed by atoms with Crippen molar-refractivity contribution in [1.29, 1.82) is 0 Å². The number of allylic oxidation sites excluding steroid dienone is 3. The SMILES string of the molecule is COc1ccc(/C(O)=C2\C(=O)C(=O)N(c3ccccc3O)C23C(=O)N2C(=C3C(N)=O)C3(C=C(C)C(=O)C=C3C)CC2(C)C)cc1. The second kappa shape index (κ2) is 9.52. The lowest BCUT2D eigenvalue weighted by molar-refractivity contribution is -0.135. The molecule has 11 heteroatoms. The molecule has 2 saturated heterocycles. The van der Waals surface area contributed by atoms with Gasteiger partial charge in [0.25, 0.3) is 11.7 Å². The number of carbonyl (C=O) groups is 5. The first-order chi connectivity index (χ1) is 21.1. The molecular formula is C34H31N3O8. The van der Waals surface area contributed by atoms with E-state index in [1.165, 1.54) is 66.6 Å². The maximum Gasteiger partial charge on any atom is 0.300 e. The highest BCUT2D eigenvalue weighted by molar-refractivity contribution is 6.56. The van der Waals surface area contributed by atoms with Crippen molar-refractivity contribution in [3.05, 3.63) is 94.2 Å². The number of carbonyl (C=O) groups excluding carboxylic acids is 5. The van der Waals surface area contributed by atoms with Crippen LogP contribution in [0.15, 0.2) is 88.7 Å². The van der Waals surface area contributed by atoms with Gasteiger partial charge in [-0.2, -0.15) is 0 Å². The number of aliphatic hydroxyl groups excluding tert-OH is 1. The number of anilines is 1. The zero-order chi connectivity index (χ0) is 32.8. The second-order valence-electron chi connectivity index (χ2n) is 12.3. The van der Waals surface area contributed by atoms with Crippen LogP contribution in [0.1, 0.15) is 39.7 Å². The summed E-state index contributed by atoms with van der Waals surface area (Å²) in [5.74, 6) is -5.52. The Kier molecular flexibility index (Phi) is 6.27. The highest BCUT2D eigenvalue weighted by atomic mass is 16.5. The lowest BCUT2D eigenvalue weighted by atomic mass is 9.67. The Morgan fingerprint density at radius 1 is 0.978 bits per heavy atom. The number of para-hydroxylation sites is 2. The third kappa shape index (κ3) is 3.66. The molecule has 0 bridgehead atoms. The van der Waals surface area contributed by atoms with E-state index in [1.807, 2.05) is 0 Å². The number of amides is 3. The fourth-order valence-electron chi connectivity index (χ4n) is 7.42. The van der Waals surface area contributed by atoms with Gasteiger partial charge in [-0.1, -0.05) is 23.8 Å². The molecule has 1 aliphatic carbocycles. The van der Waals surface area contributed by atoms with Crippen molar-refractivity contribution in [3.63, 3.8) is 0 Å². The summed E-state index contributed by atoms with van der Waals surface area (Å²) in [5.41, 5.74) is 1.03. The minimum atomic E-state index is -2.60. The maximum absolute atomic E-state index is 15.2. The number of phenolic OH excluding ortho intramolecular Hbond substituents is 1. The Bertz CT molecular complexity index is 1900. The number of hydrogen-bond acceptors (Lipinski definition) is 8. The van der Waals surface area contributed by atoms with Crippen molar-refractivity contribution >= 4 is 40.7 Å². The number of phenols is 1. The van der Waals surface area contributed by atoms with Gasteiger partial charge < -0.3 is 25.6 Å². The number of hydrogen-bond donors (Lipinski definition) is 3. The molecule has 6 rings (SSSR count). The van der Waals surface area contributed by atoms with Crippen LogP contribution >= 0.6 is 0 Å². The van der Waals surface area contributed by atoms with Crippen LogP contribution in [0.4, 0.5) is 5.69 Å². The Morgan fingerprint density at radius 3 is 2.22 bits per heavy atom. The Labute approximate surface area is 258 Å². The molecule has 0 saturated carbocycles. The lowest BCUT2D eigenvalue weighted by Crippen LogP contribution is -2.59. The fourth-order valence-corrected chi connectivity index (χ4v) is 7.42. The highest BCUT2D eigenvalue weighted by Gasteiger charge is 2.75. The summed E-state index contributed by atoms with van der Waals surface area (Å²) in [5, 5.41) is 22.8. The number of ketones is 2. The number of nitrogens with zero attached hydrogens (tertiary/aromatic N) is 2. The van der Waals surface area contributed by atoms with Crippen LogP contribution in [-0.4, -0.2) is 62.6 Å². The average molecular weight is 610 g/mol. The van der Waals surface area contributed by atoms with E-state index in [1.54, 1.807) is 33.8 Å². The molecule has 4 N–H and O–H groups in total. The van der Waals surface area contributed by atoms with Crippen LogP contribution in [0.3, 0.4) is 0 Å². The van der Waals surface area contributed by atoms with Gasteiger partial charge in [0.2, 0.25) is 5.91 Å². The topological polar surface area (TPSA) is 168 Å². The summed E-state index contributed by atoms with van der Waals surface area (Å²) < 4.78 is 5.20. The molecule has 0 aromatic heterocycles. The van der Waals surface area contributed by atoms with E-state index in [0.29, 0.717) is 16.9 Å². The number of methoxy groups -OCH3 is 1. The van der Waals surface area contributed by atoms with Crippen LogP contribution in [0, 0.1) is 5.41 Å². The first-order valence-electron chi connectivity index (χ1n) is 14.2. The summed E-state index contributed by atoms with van der Waals surface area (Å²) in [4.78, 5) is 72.1. The fraction of sp³-hybridized carbons (Fsp3) is 0.265. The number of ether oxygens (including phenoxy) is 1. The van der Waals surface area contributed by atoms with E-state index in [-0.39, 0.29) is 29.2 Å². The van der Waals surface area contributed by atoms with Gasteiger partial charge in [-0.15, -0.1) is 0 Å². The molecule has 2 spiro atoms. The average Bonchev–Trinajstić information content (AvgIpc) is 3.49. The van der Waals surface area contributed by atoms with Gasteiger partial charge in [-0.25, -0.2) is 0 Å². The smallest absolute Gasteiger partial charge is 0.300 e. The summed E-state index contributed by atoms with van der Waals surface area (Å²) >= 11 is 0. The zero-order valence-electron chi connectivity index (χ0n) is 25.3. The minimum Gasteiger partial charge on any atom is -0.507 e. The molecule has 45 heavy (non-hydrogen) atoms. The van der Waals surface area contributed by atoms with E-state index in [4.69, 9.17) is 10.5 Å². The molecule has 2 unspecified atom stereocenters. The largest absolute Gasteiger partial charge is 0.507 e. The molecule has 3 aliphatic heterocycles. The van der Waals surface area contributed by atoms with Crippen LogP contribution < -0.4 is 15.4 Å². The van der Waals surface area contributed by atoms with Crippen LogP contribution in [0.5, 0.6) is 11.5 Å². The van der Waals surface area contributed by atoms with Crippen molar-refractivity contribution < 1.29 is 38.9 Å². The normalized spacial score (nSPS) is 26.6. The molecule has 2 fully saturated rings. The molecule has 11 nitrogen and oxygen atoms in total. The van der Waals surface area contributed by atoms with Gasteiger partial charge in [0, 0.05) is 16.8 Å². The quantitative estimate of drug-likeness (QED) is 0.270. The predicted molar refractivity (Wildman–Crippen MR) is 163 cm³/mol. The Hall–Kier alpha value is -5.45. The summed E-state index contributed by atoms with van der Waals surface area (Å²) in [6.45, 7) is 6.86. The predicted octanol–water partition coefficient (Wildman–Crippen LogP) is 3.25. The number of benzene rings is 2. The molecule has 0 radical (unpaired) electrons. The van der Waals surface area contributed by atoms with E-state index >= 15 is 4.79 Å². The molecule has 3 amide bonds. The van der Waals surface area contributed by atoms with Crippen LogP contribution in [-0.2, 0) is 24.0 Å². The molecule has 2 aromatic carbocycles. The number of primary amides is 1. The van der Waals surface area contributed by atoms with Gasteiger partial charge >= 0.3 is 5.91 Å². The number of nitrogens with two attached hydrogens (primary N) is 1. The van der Waals surface area contributed by atoms with Crippen LogP contribution in [0.2, 0.25) is 0 Å². The van der Waals surface area contributed by atoms with Gasteiger partial charge in [0.05, 0.1) is 29.4 Å². The standard InChI is InChI=1S/C34H31N3O8/c1-17-15-33(18(2)14-23(17)39)16-32(3,4)37-28(33)25(29(35)42)34(31(37)44)24(26(40)19-10-12-20(45-5)13-11-19)27(41)30(43)36(34)21-8-6-7-9-22(21)38/h6-15,38,40H,16H2,1-5H3,(H2,35,42)/b26-24-. The van der Waals surface area contributed by atoms with Gasteiger partial charge in [-0.3, -0.25) is 28.9 Å². The van der Waals surface area contributed by atoms with E-state index < -0.39 is 62.7 Å². The van der Waals surface area contributed by atoms with Crippen LogP contribution in [0.25, 0.3) is 5.76 Å². The van der Waals surface area contributed by atoms with Crippen molar-refractivity contribution in [2.24, 2.45) is 11.1 Å². The van der Waals surface area contributed by atoms with Crippen molar-refractivity contribution in [2.45, 2.75) is 45.2 Å². The first-order valence-corrected chi connectivity index (χ1v) is 14.2. The highest BCUT2D eigenvalue weighted by Crippen LogP contribution is 2.64. The van der Waals surface area contributed by atoms with E-state index in [0.717, 1.165) is 4.90 Å². The van der Waals surface area contributed by atoms with E-state index in [2.05, 4.69) is 0 Å². The Morgan fingerprint density at radius 2 is 1.62 bits per heavy atom. The molecule has 2 atom stereocenters. The number of fused-ring (bicyclic) bond motifs is 2. The minimum absolute atomic E-state index is 0.0585. The molecule has 230 valence electrons. The number of Topliss-reactive ketones (excluding diaryl/α,β-unsaturated/α-hetero) is 1. The van der Waals surface area contributed by atoms with Crippen molar-refractivity contribution in [1.82, 2.24) is 4.90 Å². The summed E-state index contributed by atoms with van der Waals surface area (Å²) in [6.07, 6.45) is 3.38. The van der Waals surface area contributed by atoms with Crippen molar-refractivity contribution in [3.8, 4) is 11.5 Å². The third-order valence-corrected chi connectivity index (χ3v) is 9.27.